The Hall–Kier alpha value is -3.11. The Bertz CT molecular complexity index is 1000. The Kier molecular flexibility index (Phi) is 4.65. The van der Waals surface area contributed by atoms with E-state index < -0.39 is 0 Å². The molecule has 0 spiro atoms. The number of anilines is 1. The summed E-state index contributed by atoms with van der Waals surface area (Å²) in [6.45, 7) is 0. The monoisotopic (exact) mass is 377 g/mol. The predicted octanol–water partition coefficient (Wildman–Crippen LogP) is 5.05. The molecule has 4 nitrogen and oxygen atoms in total. The minimum absolute atomic E-state index is 0.240. The summed E-state index contributed by atoms with van der Waals surface area (Å²) < 4.78 is 5.55. The molecule has 0 bridgehead atoms. The highest BCUT2D eigenvalue weighted by molar-refractivity contribution is 6.30. The second-order valence-electron chi connectivity index (χ2n) is 6.34. The minimum Gasteiger partial charge on any atom is -0.454 e. The van der Waals surface area contributed by atoms with Crippen molar-refractivity contribution in [2.75, 3.05) is 5.32 Å². The number of esters is 1. The summed E-state index contributed by atoms with van der Waals surface area (Å²) in [6.07, 6.45) is 0.188. The summed E-state index contributed by atoms with van der Waals surface area (Å²) in [5.74, 6) is -0.606. The van der Waals surface area contributed by atoms with E-state index in [2.05, 4.69) is 5.32 Å². The van der Waals surface area contributed by atoms with Gasteiger partial charge in [0.2, 0.25) is 0 Å². The molecule has 1 aliphatic heterocycles. The van der Waals surface area contributed by atoms with Crippen molar-refractivity contribution in [3.63, 3.8) is 0 Å². The van der Waals surface area contributed by atoms with Crippen molar-refractivity contribution < 1.29 is 14.3 Å². The van der Waals surface area contributed by atoms with Crippen molar-refractivity contribution in [3.8, 4) is 0 Å². The lowest BCUT2D eigenvalue weighted by molar-refractivity contribution is 0.0252. The van der Waals surface area contributed by atoms with Gasteiger partial charge in [0.25, 0.3) is 5.91 Å². The Morgan fingerprint density at radius 1 is 1.00 bits per heavy atom. The fourth-order valence-electron chi connectivity index (χ4n) is 3.13. The second-order valence-corrected chi connectivity index (χ2v) is 6.78. The van der Waals surface area contributed by atoms with Gasteiger partial charge in [0.05, 0.1) is 5.56 Å². The van der Waals surface area contributed by atoms with E-state index in [-0.39, 0.29) is 18.0 Å². The molecule has 0 radical (unpaired) electrons. The topological polar surface area (TPSA) is 55.4 Å². The van der Waals surface area contributed by atoms with E-state index in [9.17, 15) is 9.59 Å². The quantitative estimate of drug-likeness (QED) is 0.650. The van der Waals surface area contributed by atoms with Crippen molar-refractivity contribution in [3.05, 3.63) is 100 Å². The molecular formula is C22H16ClNO3. The Balaban J connectivity index is 1.58. The van der Waals surface area contributed by atoms with Crippen LogP contribution in [-0.2, 0) is 11.2 Å². The molecule has 134 valence electrons. The van der Waals surface area contributed by atoms with E-state index in [1.807, 2.05) is 30.3 Å². The maximum atomic E-state index is 12.6. The van der Waals surface area contributed by atoms with Gasteiger partial charge >= 0.3 is 5.97 Å². The molecule has 1 N–H and O–H groups in total. The van der Waals surface area contributed by atoms with E-state index in [1.54, 1.807) is 42.5 Å². The second kappa shape index (κ2) is 7.25. The molecule has 0 aliphatic carbocycles. The lowest BCUT2D eigenvalue weighted by Crippen LogP contribution is -2.23. The number of fused-ring (bicyclic) bond motifs is 1. The minimum atomic E-state index is -0.366. The van der Waals surface area contributed by atoms with Crippen molar-refractivity contribution >= 4 is 29.2 Å². The number of amides is 1. The summed E-state index contributed by atoms with van der Waals surface area (Å²) in [7, 11) is 0. The van der Waals surface area contributed by atoms with Gasteiger partial charge in [-0.25, -0.2) is 4.79 Å². The zero-order chi connectivity index (χ0) is 18.8. The van der Waals surface area contributed by atoms with E-state index in [0.29, 0.717) is 28.3 Å². The van der Waals surface area contributed by atoms with Crippen LogP contribution < -0.4 is 5.32 Å². The van der Waals surface area contributed by atoms with Gasteiger partial charge in [-0.2, -0.15) is 0 Å². The Morgan fingerprint density at radius 2 is 1.74 bits per heavy atom. The number of hydrogen-bond acceptors (Lipinski definition) is 3. The van der Waals surface area contributed by atoms with Crippen LogP contribution >= 0.6 is 11.6 Å². The van der Waals surface area contributed by atoms with Crippen molar-refractivity contribution in [2.24, 2.45) is 0 Å². The molecule has 27 heavy (non-hydrogen) atoms. The largest absolute Gasteiger partial charge is 0.454 e. The van der Waals surface area contributed by atoms with E-state index in [1.165, 1.54) is 0 Å². The molecule has 1 heterocycles. The van der Waals surface area contributed by atoms with Crippen LogP contribution in [0.2, 0.25) is 5.02 Å². The van der Waals surface area contributed by atoms with Crippen LogP contribution in [0.15, 0.2) is 72.8 Å². The molecule has 1 atom stereocenters. The van der Waals surface area contributed by atoms with Gasteiger partial charge in [-0.1, -0.05) is 41.9 Å². The first-order valence-corrected chi connectivity index (χ1v) is 8.94. The molecule has 5 heteroatoms. The summed E-state index contributed by atoms with van der Waals surface area (Å²) in [5, 5.41) is 3.44. The maximum absolute atomic E-state index is 12.6. The molecule has 0 aromatic heterocycles. The SMILES string of the molecule is O=C(Nc1ccc(Cl)cc1)c1ccc2c(c1)C[C@@H](c1ccccc1)OC2=O. The maximum Gasteiger partial charge on any atom is 0.339 e. The lowest BCUT2D eigenvalue weighted by Gasteiger charge is -2.25. The average Bonchev–Trinajstić information content (AvgIpc) is 2.70. The van der Waals surface area contributed by atoms with Crippen LogP contribution in [0.5, 0.6) is 0 Å². The number of halogens is 1. The first-order valence-electron chi connectivity index (χ1n) is 8.56. The highest BCUT2D eigenvalue weighted by Gasteiger charge is 2.28. The van der Waals surface area contributed by atoms with E-state index in [4.69, 9.17) is 16.3 Å². The number of benzene rings is 3. The molecule has 4 rings (SSSR count). The van der Waals surface area contributed by atoms with Crippen LogP contribution in [0.4, 0.5) is 5.69 Å². The number of carbonyl (C=O) groups is 2. The van der Waals surface area contributed by atoms with Crippen molar-refractivity contribution in [2.45, 2.75) is 12.5 Å². The molecule has 1 amide bonds. The zero-order valence-corrected chi connectivity index (χ0v) is 15.1. The molecule has 0 saturated heterocycles. The molecule has 3 aromatic carbocycles. The lowest BCUT2D eigenvalue weighted by atomic mass is 9.93. The van der Waals surface area contributed by atoms with Gasteiger partial charge in [-0.15, -0.1) is 0 Å². The summed E-state index contributed by atoms with van der Waals surface area (Å²) in [4.78, 5) is 24.9. The standard InChI is InChI=1S/C22H16ClNO3/c23-17-7-9-18(10-8-17)24-21(25)15-6-11-19-16(12-15)13-20(27-22(19)26)14-4-2-1-3-5-14/h1-12,20H,13H2,(H,24,25)/t20-/m0/s1. The van der Waals surface area contributed by atoms with Gasteiger partial charge in [-0.05, 0) is 53.6 Å². The zero-order valence-electron chi connectivity index (χ0n) is 14.3. The van der Waals surface area contributed by atoms with E-state index >= 15 is 0 Å². The normalized spacial score (nSPS) is 15.6. The number of cyclic esters (lactones) is 1. The molecule has 0 unspecified atom stereocenters. The smallest absolute Gasteiger partial charge is 0.339 e. The van der Waals surface area contributed by atoms with Crippen LogP contribution in [0, 0.1) is 0 Å². The van der Waals surface area contributed by atoms with Gasteiger partial charge in [0.1, 0.15) is 6.10 Å². The molecular weight excluding hydrogens is 362 g/mol. The fraction of sp³-hybridized carbons (Fsp3) is 0.0909. The molecule has 1 aliphatic rings. The van der Waals surface area contributed by atoms with Crippen LogP contribution in [0.3, 0.4) is 0 Å². The first kappa shape index (κ1) is 17.3. The van der Waals surface area contributed by atoms with Crippen molar-refractivity contribution in [1.29, 1.82) is 0 Å². The average molecular weight is 378 g/mol. The third kappa shape index (κ3) is 3.71. The number of nitrogens with one attached hydrogen (secondary N) is 1. The number of carbonyl (C=O) groups excluding carboxylic acids is 2. The van der Waals surface area contributed by atoms with Crippen LogP contribution in [0.1, 0.15) is 37.9 Å². The van der Waals surface area contributed by atoms with Crippen LogP contribution in [0.25, 0.3) is 0 Å². The first-order chi connectivity index (χ1) is 13.1. The summed E-state index contributed by atoms with van der Waals surface area (Å²) in [5.41, 5.74) is 3.40. The molecule has 0 saturated carbocycles. The van der Waals surface area contributed by atoms with Crippen LogP contribution in [-0.4, -0.2) is 11.9 Å². The third-order valence-electron chi connectivity index (χ3n) is 4.52. The Morgan fingerprint density at radius 3 is 2.48 bits per heavy atom. The van der Waals surface area contributed by atoms with E-state index in [0.717, 1.165) is 11.1 Å². The Labute approximate surface area is 161 Å². The number of rotatable bonds is 3. The summed E-state index contributed by atoms with van der Waals surface area (Å²) in [6, 6.07) is 21.5. The van der Waals surface area contributed by atoms with Gasteiger partial charge < -0.3 is 10.1 Å². The predicted molar refractivity (Wildman–Crippen MR) is 104 cm³/mol. The highest BCUT2D eigenvalue weighted by Crippen LogP contribution is 2.31. The van der Waals surface area contributed by atoms with Crippen molar-refractivity contribution in [1.82, 2.24) is 0 Å². The molecule has 3 aromatic rings. The van der Waals surface area contributed by atoms with Gasteiger partial charge in [0.15, 0.2) is 0 Å². The van der Waals surface area contributed by atoms with Gasteiger partial charge in [0, 0.05) is 22.7 Å². The third-order valence-corrected chi connectivity index (χ3v) is 4.77. The highest BCUT2D eigenvalue weighted by atomic mass is 35.5. The van der Waals surface area contributed by atoms with Gasteiger partial charge in [-0.3, -0.25) is 4.79 Å². The fourth-order valence-corrected chi connectivity index (χ4v) is 3.25. The number of hydrogen-bond donors (Lipinski definition) is 1. The number of ether oxygens (including phenoxy) is 1. The molecule has 0 fully saturated rings. The summed E-state index contributed by atoms with van der Waals surface area (Å²) >= 11 is 5.87.